The summed E-state index contributed by atoms with van der Waals surface area (Å²) in [5.74, 6) is 0.0840. The zero-order chi connectivity index (χ0) is 12.1. The van der Waals surface area contributed by atoms with Crippen molar-refractivity contribution >= 4 is 12.0 Å². The summed E-state index contributed by atoms with van der Waals surface area (Å²) < 4.78 is 0. The summed E-state index contributed by atoms with van der Waals surface area (Å²) in [6.45, 7) is 1.55. The Balaban J connectivity index is 1.91. The third kappa shape index (κ3) is 3.43. The van der Waals surface area contributed by atoms with Crippen molar-refractivity contribution in [3.05, 3.63) is 42.0 Å². The van der Waals surface area contributed by atoms with E-state index in [0.717, 1.165) is 31.5 Å². The highest BCUT2D eigenvalue weighted by Crippen LogP contribution is 2.09. The SMILES string of the molecule is NC1CCN(C(=O)/C=C/c2ccccc2)CC1. The number of hydrogen-bond donors (Lipinski definition) is 1. The molecule has 3 nitrogen and oxygen atoms in total. The Morgan fingerprint density at radius 3 is 2.53 bits per heavy atom. The molecular weight excluding hydrogens is 212 g/mol. The second-order valence-corrected chi connectivity index (χ2v) is 4.41. The van der Waals surface area contributed by atoms with Gasteiger partial charge in [0.15, 0.2) is 0 Å². The molecule has 17 heavy (non-hydrogen) atoms. The Morgan fingerprint density at radius 1 is 1.24 bits per heavy atom. The fraction of sp³-hybridized carbons (Fsp3) is 0.357. The summed E-state index contributed by atoms with van der Waals surface area (Å²) in [4.78, 5) is 13.7. The molecule has 90 valence electrons. The van der Waals surface area contributed by atoms with Gasteiger partial charge in [-0.05, 0) is 24.5 Å². The smallest absolute Gasteiger partial charge is 0.246 e. The normalized spacial score (nSPS) is 17.6. The number of hydrogen-bond acceptors (Lipinski definition) is 2. The molecule has 0 aromatic heterocycles. The Bertz CT molecular complexity index is 392. The van der Waals surface area contributed by atoms with Crippen LogP contribution >= 0.6 is 0 Å². The second kappa shape index (κ2) is 5.64. The zero-order valence-corrected chi connectivity index (χ0v) is 9.88. The molecule has 0 atom stereocenters. The van der Waals surface area contributed by atoms with E-state index < -0.39 is 0 Å². The maximum absolute atomic E-state index is 11.9. The number of rotatable bonds is 2. The van der Waals surface area contributed by atoms with Crippen molar-refractivity contribution in [3.8, 4) is 0 Å². The average molecular weight is 230 g/mol. The number of amides is 1. The van der Waals surface area contributed by atoms with E-state index in [9.17, 15) is 4.79 Å². The molecule has 1 heterocycles. The van der Waals surface area contributed by atoms with Crippen LogP contribution in [0.2, 0.25) is 0 Å². The van der Waals surface area contributed by atoms with Crippen LogP contribution in [0.5, 0.6) is 0 Å². The van der Waals surface area contributed by atoms with Crippen LogP contribution < -0.4 is 5.73 Å². The lowest BCUT2D eigenvalue weighted by Crippen LogP contribution is -2.42. The van der Waals surface area contributed by atoms with E-state index in [4.69, 9.17) is 5.73 Å². The Morgan fingerprint density at radius 2 is 1.88 bits per heavy atom. The van der Waals surface area contributed by atoms with Gasteiger partial charge >= 0.3 is 0 Å². The number of nitrogens with two attached hydrogens (primary N) is 1. The fourth-order valence-corrected chi connectivity index (χ4v) is 1.96. The highest BCUT2D eigenvalue weighted by molar-refractivity contribution is 5.91. The van der Waals surface area contributed by atoms with Crippen LogP contribution in [0.4, 0.5) is 0 Å². The van der Waals surface area contributed by atoms with Crippen LogP contribution in [-0.4, -0.2) is 29.9 Å². The van der Waals surface area contributed by atoms with Gasteiger partial charge in [0.05, 0.1) is 0 Å². The lowest BCUT2D eigenvalue weighted by atomic mass is 10.1. The lowest BCUT2D eigenvalue weighted by molar-refractivity contribution is -0.126. The van der Waals surface area contributed by atoms with Gasteiger partial charge in [0.25, 0.3) is 0 Å². The average Bonchev–Trinajstić information content (AvgIpc) is 2.38. The quantitative estimate of drug-likeness (QED) is 0.785. The molecule has 1 amide bonds. The molecule has 0 radical (unpaired) electrons. The van der Waals surface area contributed by atoms with Gasteiger partial charge in [-0.15, -0.1) is 0 Å². The van der Waals surface area contributed by atoms with Gasteiger partial charge < -0.3 is 10.6 Å². The fourth-order valence-electron chi connectivity index (χ4n) is 1.96. The predicted molar refractivity (Wildman–Crippen MR) is 69.3 cm³/mol. The minimum Gasteiger partial charge on any atom is -0.339 e. The molecule has 2 rings (SSSR count). The highest BCUT2D eigenvalue weighted by Gasteiger charge is 2.18. The summed E-state index contributed by atoms with van der Waals surface area (Å²) in [6, 6.07) is 10.1. The number of likely N-dealkylation sites (tertiary alicyclic amines) is 1. The summed E-state index contributed by atoms with van der Waals surface area (Å²) in [6.07, 6.45) is 5.32. The van der Waals surface area contributed by atoms with Crippen molar-refractivity contribution in [1.29, 1.82) is 0 Å². The Kier molecular flexibility index (Phi) is 3.94. The molecule has 0 spiro atoms. The Hall–Kier alpha value is -1.61. The molecule has 3 heteroatoms. The summed E-state index contributed by atoms with van der Waals surface area (Å²) in [7, 11) is 0. The molecule has 0 aliphatic carbocycles. The molecule has 1 aliphatic rings. The van der Waals surface area contributed by atoms with Gasteiger partial charge in [-0.1, -0.05) is 30.3 Å². The molecule has 2 N–H and O–H groups in total. The van der Waals surface area contributed by atoms with Crippen molar-refractivity contribution in [2.24, 2.45) is 5.73 Å². The summed E-state index contributed by atoms with van der Waals surface area (Å²) >= 11 is 0. The molecule has 1 aliphatic heterocycles. The van der Waals surface area contributed by atoms with Crippen molar-refractivity contribution < 1.29 is 4.79 Å². The van der Waals surface area contributed by atoms with Crippen LogP contribution in [0.3, 0.4) is 0 Å². The van der Waals surface area contributed by atoms with E-state index in [0.29, 0.717) is 0 Å². The van der Waals surface area contributed by atoms with Gasteiger partial charge in [0.1, 0.15) is 0 Å². The molecule has 1 saturated heterocycles. The van der Waals surface area contributed by atoms with E-state index >= 15 is 0 Å². The molecule has 1 aromatic carbocycles. The number of piperidine rings is 1. The largest absolute Gasteiger partial charge is 0.339 e. The van der Waals surface area contributed by atoms with E-state index in [2.05, 4.69) is 0 Å². The highest BCUT2D eigenvalue weighted by atomic mass is 16.2. The summed E-state index contributed by atoms with van der Waals surface area (Å²) in [5, 5.41) is 0. The minimum absolute atomic E-state index is 0.0840. The van der Waals surface area contributed by atoms with E-state index in [1.807, 2.05) is 41.3 Å². The first-order valence-electron chi connectivity index (χ1n) is 6.03. The number of nitrogens with zero attached hydrogens (tertiary/aromatic N) is 1. The van der Waals surface area contributed by atoms with E-state index in [1.54, 1.807) is 6.08 Å². The van der Waals surface area contributed by atoms with Crippen LogP contribution in [0.1, 0.15) is 18.4 Å². The predicted octanol–water partition coefficient (Wildman–Crippen LogP) is 1.65. The second-order valence-electron chi connectivity index (χ2n) is 4.41. The first-order chi connectivity index (χ1) is 8.25. The maximum Gasteiger partial charge on any atom is 0.246 e. The molecule has 1 fully saturated rings. The van der Waals surface area contributed by atoms with E-state index in [1.165, 1.54) is 0 Å². The molecule has 0 saturated carbocycles. The molecule has 0 bridgehead atoms. The number of carbonyl (C=O) groups is 1. The first-order valence-corrected chi connectivity index (χ1v) is 6.03. The van der Waals surface area contributed by atoms with Gasteiger partial charge in [-0.3, -0.25) is 4.79 Å². The molecular formula is C14H18N2O. The third-order valence-corrected chi connectivity index (χ3v) is 3.07. The van der Waals surface area contributed by atoms with Crippen molar-refractivity contribution in [2.45, 2.75) is 18.9 Å². The van der Waals surface area contributed by atoms with Crippen molar-refractivity contribution in [2.75, 3.05) is 13.1 Å². The number of carbonyl (C=O) groups excluding carboxylic acids is 1. The van der Waals surface area contributed by atoms with Gasteiger partial charge in [-0.25, -0.2) is 0 Å². The molecule has 0 unspecified atom stereocenters. The third-order valence-electron chi connectivity index (χ3n) is 3.07. The van der Waals surface area contributed by atoms with Gasteiger partial charge in [0.2, 0.25) is 5.91 Å². The minimum atomic E-state index is 0.0840. The zero-order valence-electron chi connectivity index (χ0n) is 9.88. The lowest BCUT2D eigenvalue weighted by Gasteiger charge is -2.29. The first kappa shape index (κ1) is 11.9. The topological polar surface area (TPSA) is 46.3 Å². The van der Waals surface area contributed by atoms with Crippen LogP contribution in [0.15, 0.2) is 36.4 Å². The monoisotopic (exact) mass is 230 g/mol. The summed E-state index contributed by atoms with van der Waals surface area (Å²) in [5.41, 5.74) is 6.86. The Labute approximate surface area is 102 Å². The van der Waals surface area contributed by atoms with Crippen LogP contribution in [-0.2, 0) is 4.79 Å². The molecule has 1 aromatic rings. The standard InChI is InChI=1S/C14H18N2O/c15-13-8-10-16(11-9-13)14(17)7-6-12-4-2-1-3-5-12/h1-7,13H,8-11,15H2/b7-6+. The van der Waals surface area contributed by atoms with Crippen LogP contribution in [0.25, 0.3) is 6.08 Å². The number of benzene rings is 1. The van der Waals surface area contributed by atoms with E-state index in [-0.39, 0.29) is 11.9 Å². The van der Waals surface area contributed by atoms with Crippen LogP contribution in [0, 0.1) is 0 Å². The van der Waals surface area contributed by atoms with Crippen molar-refractivity contribution in [1.82, 2.24) is 4.90 Å². The van der Waals surface area contributed by atoms with Gasteiger partial charge in [-0.2, -0.15) is 0 Å². The maximum atomic E-state index is 11.9. The van der Waals surface area contributed by atoms with Gasteiger partial charge in [0, 0.05) is 25.2 Å². The van der Waals surface area contributed by atoms with Crippen molar-refractivity contribution in [3.63, 3.8) is 0 Å².